The summed E-state index contributed by atoms with van der Waals surface area (Å²) in [5.74, 6) is -0.302. The summed E-state index contributed by atoms with van der Waals surface area (Å²) < 4.78 is 5.29. The Bertz CT molecular complexity index is 1150. The van der Waals surface area contributed by atoms with E-state index in [0.29, 0.717) is 23.0 Å². The van der Waals surface area contributed by atoms with Gasteiger partial charge in [-0.15, -0.1) is 0 Å². The third kappa shape index (κ3) is 3.20. The quantitative estimate of drug-likeness (QED) is 0.530. The standard InChI is InChI=1S/C23H22N2O4/c1-3-11-23(17-7-5-4-6-8-17)21(27)25(22(28)24-23)14-16-13-20(26)29-19-12-15(2)9-10-18(16)19/h4-10,12-13H,3,11,14H2,1-2H3,(H,24,28). The number of carbonyl (C=O) groups is 2. The molecule has 2 aromatic carbocycles. The molecule has 0 radical (unpaired) electrons. The summed E-state index contributed by atoms with van der Waals surface area (Å²) in [4.78, 5) is 39.5. The summed E-state index contributed by atoms with van der Waals surface area (Å²) >= 11 is 0. The van der Waals surface area contributed by atoms with Crippen LogP contribution in [0.4, 0.5) is 4.79 Å². The Morgan fingerprint density at radius 3 is 2.52 bits per heavy atom. The molecule has 1 unspecified atom stereocenters. The predicted molar refractivity (Wildman–Crippen MR) is 109 cm³/mol. The molecule has 0 aliphatic carbocycles. The fraction of sp³-hybridized carbons (Fsp3) is 0.261. The minimum atomic E-state index is -1.08. The van der Waals surface area contributed by atoms with E-state index in [9.17, 15) is 14.4 Å². The number of benzene rings is 2. The lowest BCUT2D eigenvalue weighted by Gasteiger charge is -2.27. The van der Waals surface area contributed by atoms with Crippen LogP contribution in [0.15, 0.2) is 63.8 Å². The monoisotopic (exact) mass is 390 g/mol. The van der Waals surface area contributed by atoms with E-state index in [0.717, 1.165) is 17.5 Å². The number of aryl methyl sites for hydroxylation is 1. The lowest BCUT2D eigenvalue weighted by molar-refractivity contribution is -0.132. The smallest absolute Gasteiger partial charge is 0.336 e. The molecule has 29 heavy (non-hydrogen) atoms. The van der Waals surface area contributed by atoms with Gasteiger partial charge in [0.05, 0.1) is 6.54 Å². The number of hydrogen-bond donors (Lipinski definition) is 1. The van der Waals surface area contributed by atoms with Gasteiger partial charge in [-0.1, -0.05) is 55.8 Å². The minimum Gasteiger partial charge on any atom is -0.423 e. The molecular formula is C23H22N2O4. The second-order valence-electron chi connectivity index (χ2n) is 7.43. The Balaban J connectivity index is 1.76. The van der Waals surface area contributed by atoms with Crippen molar-refractivity contribution in [1.82, 2.24) is 10.2 Å². The molecule has 6 nitrogen and oxygen atoms in total. The zero-order chi connectivity index (χ0) is 20.6. The molecule has 6 heteroatoms. The average molecular weight is 390 g/mol. The number of imide groups is 1. The van der Waals surface area contributed by atoms with Gasteiger partial charge < -0.3 is 9.73 Å². The van der Waals surface area contributed by atoms with Crippen molar-refractivity contribution < 1.29 is 14.0 Å². The van der Waals surface area contributed by atoms with Crippen LogP contribution in [-0.2, 0) is 16.9 Å². The van der Waals surface area contributed by atoms with E-state index in [-0.39, 0.29) is 12.5 Å². The van der Waals surface area contributed by atoms with Gasteiger partial charge in [0.15, 0.2) is 0 Å². The summed E-state index contributed by atoms with van der Waals surface area (Å²) in [6, 6.07) is 15.7. The lowest BCUT2D eigenvalue weighted by atomic mass is 9.85. The molecule has 1 aromatic heterocycles. The van der Waals surface area contributed by atoms with Crippen molar-refractivity contribution in [3.05, 3.63) is 81.7 Å². The van der Waals surface area contributed by atoms with E-state index in [1.807, 2.05) is 56.3 Å². The van der Waals surface area contributed by atoms with Crippen LogP contribution in [0.25, 0.3) is 11.0 Å². The van der Waals surface area contributed by atoms with Crippen molar-refractivity contribution in [2.45, 2.75) is 38.8 Å². The minimum absolute atomic E-state index is 0.00806. The van der Waals surface area contributed by atoms with Crippen LogP contribution in [0.3, 0.4) is 0 Å². The largest absolute Gasteiger partial charge is 0.423 e. The highest BCUT2D eigenvalue weighted by atomic mass is 16.4. The molecule has 148 valence electrons. The van der Waals surface area contributed by atoms with Gasteiger partial charge in [-0.2, -0.15) is 0 Å². The van der Waals surface area contributed by atoms with E-state index < -0.39 is 17.2 Å². The van der Waals surface area contributed by atoms with Crippen LogP contribution in [0, 0.1) is 6.92 Å². The second-order valence-corrected chi connectivity index (χ2v) is 7.43. The number of urea groups is 1. The molecule has 1 aliphatic rings. The highest BCUT2D eigenvalue weighted by molar-refractivity contribution is 6.07. The summed E-state index contributed by atoms with van der Waals surface area (Å²) in [6.07, 6.45) is 1.22. The number of amides is 3. The number of fused-ring (bicyclic) bond motifs is 1. The third-order valence-corrected chi connectivity index (χ3v) is 5.38. The predicted octanol–water partition coefficient (Wildman–Crippen LogP) is 3.85. The van der Waals surface area contributed by atoms with E-state index in [1.54, 1.807) is 6.07 Å². The fourth-order valence-electron chi connectivity index (χ4n) is 4.02. The van der Waals surface area contributed by atoms with Crippen molar-refractivity contribution in [3.63, 3.8) is 0 Å². The Morgan fingerprint density at radius 1 is 1.03 bits per heavy atom. The highest BCUT2D eigenvalue weighted by Gasteiger charge is 2.51. The Morgan fingerprint density at radius 2 is 1.79 bits per heavy atom. The first-order valence-corrected chi connectivity index (χ1v) is 9.67. The summed E-state index contributed by atoms with van der Waals surface area (Å²) in [6.45, 7) is 3.89. The van der Waals surface area contributed by atoms with Crippen molar-refractivity contribution in [2.75, 3.05) is 0 Å². The van der Waals surface area contributed by atoms with Gasteiger partial charge in [-0.25, -0.2) is 9.59 Å². The summed E-state index contributed by atoms with van der Waals surface area (Å²) in [5.41, 5.74) is 1.16. The van der Waals surface area contributed by atoms with Gasteiger partial charge >= 0.3 is 11.7 Å². The Labute approximate surface area is 168 Å². The van der Waals surface area contributed by atoms with Gasteiger partial charge in [0.1, 0.15) is 11.1 Å². The van der Waals surface area contributed by atoms with Crippen molar-refractivity contribution in [2.24, 2.45) is 0 Å². The normalized spacial score (nSPS) is 19.0. The van der Waals surface area contributed by atoms with Crippen LogP contribution >= 0.6 is 0 Å². The number of nitrogens with zero attached hydrogens (tertiary/aromatic N) is 1. The molecular weight excluding hydrogens is 368 g/mol. The molecule has 0 saturated carbocycles. The number of carbonyl (C=O) groups excluding carboxylic acids is 2. The molecule has 1 aliphatic heterocycles. The third-order valence-electron chi connectivity index (χ3n) is 5.38. The molecule has 3 aromatic rings. The van der Waals surface area contributed by atoms with Crippen molar-refractivity contribution in [1.29, 1.82) is 0 Å². The molecule has 0 bridgehead atoms. The van der Waals surface area contributed by atoms with Gasteiger partial charge in [0.2, 0.25) is 0 Å². The van der Waals surface area contributed by atoms with E-state index >= 15 is 0 Å². The molecule has 3 amide bonds. The zero-order valence-electron chi connectivity index (χ0n) is 16.4. The van der Waals surface area contributed by atoms with Gasteiger partial charge in [0.25, 0.3) is 5.91 Å². The molecule has 1 atom stereocenters. The van der Waals surface area contributed by atoms with Crippen LogP contribution in [0.2, 0.25) is 0 Å². The molecule has 1 N–H and O–H groups in total. The first-order chi connectivity index (χ1) is 13.9. The van der Waals surface area contributed by atoms with E-state index in [1.165, 1.54) is 11.0 Å². The van der Waals surface area contributed by atoms with Gasteiger partial charge in [0, 0.05) is 11.5 Å². The maximum Gasteiger partial charge on any atom is 0.336 e. The number of rotatable bonds is 5. The summed E-state index contributed by atoms with van der Waals surface area (Å²) in [5, 5.41) is 3.62. The maximum absolute atomic E-state index is 13.4. The fourth-order valence-corrected chi connectivity index (χ4v) is 4.02. The maximum atomic E-state index is 13.4. The molecule has 1 fully saturated rings. The lowest BCUT2D eigenvalue weighted by Crippen LogP contribution is -2.43. The number of hydrogen-bond acceptors (Lipinski definition) is 4. The molecule has 1 saturated heterocycles. The number of nitrogens with one attached hydrogen (secondary N) is 1. The second kappa shape index (κ2) is 7.20. The zero-order valence-corrected chi connectivity index (χ0v) is 16.4. The van der Waals surface area contributed by atoms with Crippen LogP contribution in [-0.4, -0.2) is 16.8 Å². The molecule has 4 rings (SSSR count). The van der Waals surface area contributed by atoms with Crippen molar-refractivity contribution in [3.8, 4) is 0 Å². The Hall–Kier alpha value is -3.41. The Kier molecular flexibility index (Phi) is 4.70. The topological polar surface area (TPSA) is 79.6 Å². The first kappa shape index (κ1) is 18.9. The van der Waals surface area contributed by atoms with E-state index in [2.05, 4.69) is 5.32 Å². The highest BCUT2D eigenvalue weighted by Crippen LogP contribution is 2.34. The van der Waals surface area contributed by atoms with Gasteiger partial charge in [-0.05, 0) is 36.1 Å². The van der Waals surface area contributed by atoms with Crippen LogP contribution < -0.4 is 10.9 Å². The molecule has 0 spiro atoms. The van der Waals surface area contributed by atoms with Crippen molar-refractivity contribution >= 4 is 22.9 Å². The molecule has 2 heterocycles. The van der Waals surface area contributed by atoms with Crippen LogP contribution in [0.1, 0.15) is 36.5 Å². The first-order valence-electron chi connectivity index (χ1n) is 9.67. The van der Waals surface area contributed by atoms with E-state index in [4.69, 9.17) is 4.42 Å². The average Bonchev–Trinajstić information content (AvgIpc) is 2.93. The van der Waals surface area contributed by atoms with Gasteiger partial charge in [-0.3, -0.25) is 9.69 Å². The summed E-state index contributed by atoms with van der Waals surface area (Å²) in [7, 11) is 0. The SMILES string of the molecule is CCCC1(c2ccccc2)NC(=O)N(Cc2cc(=O)oc3cc(C)ccc23)C1=O. The van der Waals surface area contributed by atoms with Crippen LogP contribution in [0.5, 0.6) is 0 Å².